The Morgan fingerprint density at radius 2 is 1.87 bits per heavy atom. The number of ether oxygens (including phenoxy) is 1. The Labute approximate surface area is 93.2 Å². The van der Waals surface area contributed by atoms with E-state index < -0.39 is 0 Å². The molecule has 0 heterocycles. The van der Waals surface area contributed by atoms with E-state index in [2.05, 4.69) is 52.2 Å². The molecular formula is C14H17O. The molecule has 5 radical (unpaired) electrons. The van der Waals surface area contributed by atoms with Crippen LogP contribution in [0.4, 0.5) is 0 Å². The predicted molar refractivity (Wildman–Crippen MR) is 61.9 cm³/mol. The Kier molecular flexibility index (Phi) is 2.66. The van der Waals surface area contributed by atoms with Crippen LogP contribution < -0.4 is 0 Å². The predicted octanol–water partition coefficient (Wildman–Crippen LogP) is 3.13. The van der Waals surface area contributed by atoms with Crippen molar-refractivity contribution < 1.29 is 4.74 Å². The fraction of sp³-hybridized carbons (Fsp3) is 0.357. The summed E-state index contributed by atoms with van der Waals surface area (Å²) < 4.78 is 5.35. The number of hydrogen-bond acceptors (Lipinski definition) is 1. The number of hydrogen-bond donors (Lipinski definition) is 0. The Morgan fingerprint density at radius 1 is 1.27 bits per heavy atom. The highest BCUT2D eigenvalue weighted by Crippen LogP contribution is 2.52. The molecule has 0 aromatic carbocycles. The fourth-order valence-corrected chi connectivity index (χ4v) is 2.27. The summed E-state index contributed by atoms with van der Waals surface area (Å²) in [5.41, 5.74) is 1.15. The van der Waals surface area contributed by atoms with Crippen LogP contribution in [0.25, 0.3) is 0 Å². The zero-order valence-corrected chi connectivity index (χ0v) is 9.58. The summed E-state index contributed by atoms with van der Waals surface area (Å²) in [5.74, 6) is 2.66. The van der Waals surface area contributed by atoms with Gasteiger partial charge < -0.3 is 4.74 Å². The van der Waals surface area contributed by atoms with Gasteiger partial charge in [0.15, 0.2) is 0 Å². The quantitative estimate of drug-likeness (QED) is 0.667. The first-order chi connectivity index (χ1) is 7.07. The average molecular weight is 201 g/mol. The average Bonchev–Trinajstić information content (AvgIpc) is 2.76. The second-order valence-corrected chi connectivity index (χ2v) is 4.63. The van der Waals surface area contributed by atoms with Gasteiger partial charge in [0.1, 0.15) is 5.76 Å². The molecular weight excluding hydrogens is 184 g/mol. The highest BCUT2D eigenvalue weighted by molar-refractivity contribution is 5.48. The lowest BCUT2D eigenvalue weighted by atomic mass is 9.71. The van der Waals surface area contributed by atoms with E-state index in [4.69, 9.17) is 4.74 Å². The second kappa shape index (κ2) is 3.70. The van der Waals surface area contributed by atoms with Crippen molar-refractivity contribution in [1.29, 1.82) is 0 Å². The van der Waals surface area contributed by atoms with E-state index in [0.717, 1.165) is 11.3 Å². The third kappa shape index (κ3) is 1.62. The molecule has 0 saturated heterocycles. The zero-order valence-electron chi connectivity index (χ0n) is 9.58. The van der Waals surface area contributed by atoms with Gasteiger partial charge in [0.05, 0.1) is 7.11 Å². The Balaban J connectivity index is 2.23. The maximum Gasteiger partial charge on any atom is 0.118 e. The van der Waals surface area contributed by atoms with Crippen molar-refractivity contribution in [1.82, 2.24) is 0 Å². The molecule has 1 fully saturated rings. The number of allylic oxidation sites excluding steroid dienone is 2. The summed E-state index contributed by atoms with van der Waals surface area (Å²) in [6.45, 7) is 8.56. The van der Waals surface area contributed by atoms with E-state index in [1.165, 1.54) is 5.92 Å². The molecule has 1 unspecified atom stereocenters. The van der Waals surface area contributed by atoms with E-state index in [1.807, 2.05) is 0 Å². The smallest absolute Gasteiger partial charge is 0.118 e. The van der Waals surface area contributed by atoms with Crippen LogP contribution in [0.2, 0.25) is 0 Å². The van der Waals surface area contributed by atoms with Gasteiger partial charge in [-0.1, -0.05) is 20.4 Å². The molecule has 2 aliphatic rings. The van der Waals surface area contributed by atoms with Crippen molar-refractivity contribution in [2.24, 2.45) is 11.3 Å². The highest BCUT2D eigenvalue weighted by Gasteiger charge is 2.44. The Hall–Kier alpha value is -0.720. The van der Waals surface area contributed by atoms with Gasteiger partial charge in [0, 0.05) is 0 Å². The molecule has 2 aliphatic carbocycles. The summed E-state index contributed by atoms with van der Waals surface area (Å²) in [7, 11) is 1.71. The minimum atomic E-state index is 0.0553. The molecule has 1 nitrogen and oxygen atoms in total. The second-order valence-electron chi connectivity index (χ2n) is 4.63. The summed E-state index contributed by atoms with van der Waals surface area (Å²) in [6, 6.07) is 0. The number of rotatable bonds is 2. The number of methoxy groups -OCH3 is 1. The first-order valence-electron chi connectivity index (χ1n) is 5.24. The SMILES string of the molecule is C=C1C(OC)=CC([C]2[CH][CH][CH][CH]2)C1(C)C. The standard InChI is InChI=1S/C14H17O/c1-10-13(15-4)9-12(14(10,2)3)11-7-5-6-8-11/h5-9,12H,1H2,2-4H3. The van der Waals surface area contributed by atoms with Crippen molar-refractivity contribution in [2.45, 2.75) is 13.8 Å². The van der Waals surface area contributed by atoms with Crippen LogP contribution in [0, 0.1) is 42.9 Å². The molecule has 0 bridgehead atoms. The maximum absolute atomic E-state index is 5.35. The molecule has 1 heteroatoms. The van der Waals surface area contributed by atoms with Crippen LogP contribution in [-0.2, 0) is 4.74 Å². The van der Waals surface area contributed by atoms with E-state index >= 15 is 0 Å². The van der Waals surface area contributed by atoms with Gasteiger partial charge in [-0.05, 0) is 54.6 Å². The van der Waals surface area contributed by atoms with Crippen LogP contribution in [-0.4, -0.2) is 7.11 Å². The molecule has 79 valence electrons. The van der Waals surface area contributed by atoms with E-state index in [0.29, 0.717) is 5.92 Å². The van der Waals surface area contributed by atoms with Crippen LogP contribution >= 0.6 is 0 Å². The molecule has 15 heavy (non-hydrogen) atoms. The topological polar surface area (TPSA) is 9.23 Å². The molecule has 0 amide bonds. The van der Waals surface area contributed by atoms with E-state index in [1.54, 1.807) is 7.11 Å². The van der Waals surface area contributed by atoms with Crippen LogP contribution in [0.1, 0.15) is 13.8 Å². The van der Waals surface area contributed by atoms with Crippen LogP contribution in [0.3, 0.4) is 0 Å². The van der Waals surface area contributed by atoms with Crippen molar-refractivity contribution >= 4 is 0 Å². The van der Waals surface area contributed by atoms with Crippen molar-refractivity contribution in [2.75, 3.05) is 7.11 Å². The molecule has 0 spiro atoms. The van der Waals surface area contributed by atoms with Crippen LogP contribution in [0.15, 0.2) is 24.0 Å². The van der Waals surface area contributed by atoms with Gasteiger partial charge in [-0.25, -0.2) is 0 Å². The van der Waals surface area contributed by atoms with Gasteiger partial charge in [-0.15, -0.1) is 0 Å². The summed E-state index contributed by atoms with van der Waals surface area (Å²) in [5, 5.41) is 0. The normalized spacial score (nSPS) is 30.7. The minimum absolute atomic E-state index is 0.0553. The lowest BCUT2D eigenvalue weighted by Crippen LogP contribution is -2.25. The van der Waals surface area contributed by atoms with Crippen LogP contribution in [0.5, 0.6) is 0 Å². The first-order valence-corrected chi connectivity index (χ1v) is 5.24. The summed E-state index contributed by atoms with van der Waals surface area (Å²) in [6.07, 6.45) is 10.7. The summed E-state index contributed by atoms with van der Waals surface area (Å²) in [4.78, 5) is 0. The first kappa shape index (κ1) is 10.8. The third-order valence-corrected chi connectivity index (χ3v) is 3.44. The largest absolute Gasteiger partial charge is 0.497 e. The molecule has 0 aromatic heterocycles. The van der Waals surface area contributed by atoms with Gasteiger partial charge >= 0.3 is 0 Å². The van der Waals surface area contributed by atoms with Gasteiger partial charge in [0.25, 0.3) is 0 Å². The zero-order chi connectivity index (χ0) is 11.1. The Morgan fingerprint density at radius 3 is 2.33 bits per heavy atom. The molecule has 1 saturated carbocycles. The molecule has 2 rings (SSSR count). The van der Waals surface area contributed by atoms with Gasteiger partial charge in [0.2, 0.25) is 0 Å². The minimum Gasteiger partial charge on any atom is -0.497 e. The van der Waals surface area contributed by atoms with Gasteiger partial charge in [-0.2, -0.15) is 0 Å². The Bertz CT molecular complexity index is 292. The lowest BCUT2D eigenvalue weighted by molar-refractivity contribution is 0.290. The third-order valence-electron chi connectivity index (χ3n) is 3.44. The van der Waals surface area contributed by atoms with Crippen molar-refractivity contribution in [3.63, 3.8) is 0 Å². The van der Waals surface area contributed by atoms with E-state index in [-0.39, 0.29) is 5.41 Å². The monoisotopic (exact) mass is 201 g/mol. The van der Waals surface area contributed by atoms with E-state index in [9.17, 15) is 0 Å². The maximum atomic E-state index is 5.35. The molecule has 1 atom stereocenters. The molecule has 0 aliphatic heterocycles. The summed E-state index contributed by atoms with van der Waals surface area (Å²) >= 11 is 0. The fourth-order valence-electron chi connectivity index (χ4n) is 2.27. The lowest BCUT2D eigenvalue weighted by Gasteiger charge is -2.31. The highest BCUT2D eigenvalue weighted by atomic mass is 16.5. The molecule has 0 N–H and O–H groups in total. The molecule has 0 aromatic rings. The van der Waals surface area contributed by atoms with Crippen molar-refractivity contribution in [3.05, 3.63) is 55.6 Å². The van der Waals surface area contributed by atoms with Crippen molar-refractivity contribution in [3.8, 4) is 0 Å². The van der Waals surface area contributed by atoms with Gasteiger partial charge in [-0.3, -0.25) is 0 Å².